The Hall–Kier alpha value is -1.79. The maximum Gasteiger partial charge on any atom is 0.573 e. The van der Waals surface area contributed by atoms with Crippen LogP contribution in [0.1, 0.15) is 47.0 Å². The summed E-state index contributed by atoms with van der Waals surface area (Å²) in [5, 5.41) is 0. The highest BCUT2D eigenvalue weighted by Gasteiger charge is 2.33. The third-order valence-electron chi connectivity index (χ3n) is 3.17. The van der Waals surface area contributed by atoms with E-state index >= 15 is 0 Å². The first kappa shape index (κ1) is 20.3. The van der Waals surface area contributed by atoms with Crippen LogP contribution < -0.4 is 9.64 Å². The van der Waals surface area contributed by atoms with Crippen molar-refractivity contribution in [3.05, 3.63) is 24.0 Å². The van der Waals surface area contributed by atoms with Crippen LogP contribution in [0.25, 0.3) is 0 Å². The summed E-state index contributed by atoms with van der Waals surface area (Å²) < 4.78 is 54.4. The van der Waals surface area contributed by atoms with Crippen molar-refractivity contribution in [3.63, 3.8) is 0 Å². The molecule has 136 valence electrons. The lowest BCUT2D eigenvalue weighted by Gasteiger charge is -2.27. The number of nitrogens with zero attached hydrogens (tertiary/aromatic N) is 1. The van der Waals surface area contributed by atoms with Gasteiger partial charge in [0.2, 0.25) is 5.91 Å². The summed E-state index contributed by atoms with van der Waals surface area (Å²) >= 11 is 0. The second-order valence-corrected chi connectivity index (χ2v) is 6.80. The summed E-state index contributed by atoms with van der Waals surface area (Å²) in [4.78, 5) is 13.9. The summed E-state index contributed by atoms with van der Waals surface area (Å²) in [7, 11) is 0. The van der Waals surface area contributed by atoms with E-state index in [4.69, 9.17) is 0 Å². The molecule has 0 aliphatic rings. The number of hydrogen-bond donors (Lipinski definition) is 0. The molecule has 0 spiro atoms. The molecular formula is C17H23F4NO2. The Morgan fingerprint density at radius 2 is 1.83 bits per heavy atom. The van der Waals surface area contributed by atoms with Gasteiger partial charge < -0.3 is 9.64 Å². The molecule has 24 heavy (non-hydrogen) atoms. The molecule has 7 heteroatoms. The van der Waals surface area contributed by atoms with E-state index in [1.54, 1.807) is 0 Å². The number of carbonyl (C=O) groups excluding carboxylic acids is 1. The van der Waals surface area contributed by atoms with Gasteiger partial charge in [-0.1, -0.05) is 34.1 Å². The molecule has 0 radical (unpaired) electrons. The number of hydrogen-bond acceptors (Lipinski definition) is 2. The first-order valence-electron chi connectivity index (χ1n) is 7.78. The van der Waals surface area contributed by atoms with Crippen LogP contribution in [0.3, 0.4) is 0 Å². The molecule has 3 nitrogen and oxygen atoms in total. The molecule has 0 bridgehead atoms. The molecule has 1 amide bonds. The fraction of sp³-hybridized carbons (Fsp3) is 0.588. The molecule has 0 aliphatic carbocycles. The van der Waals surface area contributed by atoms with Crippen molar-refractivity contribution < 1.29 is 27.1 Å². The Morgan fingerprint density at radius 3 is 2.33 bits per heavy atom. The van der Waals surface area contributed by atoms with Crippen molar-refractivity contribution >= 4 is 11.6 Å². The van der Waals surface area contributed by atoms with Crippen molar-refractivity contribution in [1.82, 2.24) is 0 Å². The number of anilines is 1. The van der Waals surface area contributed by atoms with Gasteiger partial charge in [0.15, 0.2) is 11.6 Å². The number of amides is 1. The van der Waals surface area contributed by atoms with Crippen LogP contribution in [-0.4, -0.2) is 18.8 Å². The van der Waals surface area contributed by atoms with Gasteiger partial charge in [-0.3, -0.25) is 4.79 Å². The van der Waals surface area contributed by atoms with Gasteiger partial charge in [0.05, 0.1) is 0 Å². The first-order valence-corrected chi connectivity index (χ1v) is 7.78. The molecule has 0 fully saturated rings. The van der Waals surface area contributed by atoms with E-state index in [0.29, 0.717) is 13.0 Å². The minimum atomic E-state index is -5.00. The number of unbranched alkanes of at least 4 members (excludes halogenated alkanes) is 1. The van der Waals surface area contributed by atoms with Gasteiger partial charge in [0.25, 0.3) is 0 Å². The van der Waals surface area contributed by atoms with Crippen molar-refractivity contribution in [2.45, 2.75) is 53.3 Å². The topological polar surface area (TPSA) is 29.5 Å². The molecule has 0 heterocycles. The lowest BCUT2D eigenvalue weighted by atomic mass is 9.91. The van der Waals surface area contributed by atoms with E-state index in [-0.39, 0.29) is 23.4 Å². The van der Waals surface area contributed by atoms with E-state index in [1.165, 1.54) is 11.0 Å². The smallest absolute Gasteiger partial charge is 0.403 e. The van der Waals surface area contributed by atoms with E-state index < -0.39 is 17.9 Å². The van der Waals surface area contributed by atoms with Crippen LogP contribution in [-0.2, 0) is 4.79 Å². The first-order chi connectivity index (χ1) is 10.9. The van der Waals surface area contributed by atoms with Crippen molar-refractivity contribution in [2.24, 2.45) is 5.41 Å². The Morgan fingerprint density at radius 1 is 1.21 bits per heavy atom. The van der Waals surface area contributed by atoms with Crippen LogP contribution >= 0.6 is 0 Å². The highest BCUT2D eigenvalue weighted by molar-refractivity contribution is 5.93. The zero-order valence-electron chi connectivity index (χ0n) is 14.3. The van der Waals surface area contributed by atoms with Crippen molar-refractivity contribution in [2.75, 3.05) is 11.4 Å². The van der Waals surface area contributed by atoms with E-state index in [1.807, 2.05) is 27.7 Å². The monoisotopic (exact) mass is 349 g/mol. The van der Waals surface area contributed by atoms with Gasteiger partial charge >= 0.3 is 6.36 Å². The average Bonchev–Trinajstić information content (AvgIpc) is 2.39. The Balaban J connectivity index is 3.13. The Bertz CT molecular complexity index is 565. The highest BCUT2D eigenvalue weighted by Crippen LogP contribution is 2.31. The number of rotatable bonds is 6. The Kier molecular flexibility index (Phi) is 6.63. The van der Waals surface area contributed by atoms with Crippen LogP contribution in [0.15, 0.2) is 18.2 Å². The van der Waals surface area contributed by atoms with Crippen LogP contribution in [0, 0.1) is 11.2 Å². The predicted molar refractivity (Wildman–Crippen MR) is 84.4 cm³/mol. The molecule has 0 saturated heterocycles. The summed E-state index contributed by atoms with van der Waals surface area (Å²) in [5.41, 5.74) is -0.0780. The molecule has 0 saturated carbocycles. The second kappa shape index (κ2) is 7.85. The zero-order chi connectivity index (χ0) is 18.5. The molecular weight excluding hydrogens is 326 g/mol. The molecule has 0 atom stereocenters. The summed E-state index contributed by atoms with van der Waals surface area (Å²) in [6, 6.07) is 3.08. The molecule has 1 aromatic rings. The standard InChI is InChI=1S/C17H23F4NO2/c1-5-6-9-22(15(23)11-16(2,3)4)12-7-8-13(18)14(10-12)24-17(19,20)21/h7-8,10H,5-6,9,11H2,1-4H3. The summed E-state index contributed by atoms with van der Waals surface area (Å²) in [6.45, 7) is 7.97. The van der Waals surface area contributed by atoms with Crippen LogP contribution in [0.4, 0.5) is 23.2 Å². The van der Waals surface area contributed by atoms with Gasteiger partial charge in [0, 0.05) is 24.7 Å². The Labute approximate surface area is 139 Å². The van der Waals surface area contributed by atoms with E-state index in [9.17, 15) is 22.4 Å². The predicted octanol–water partition coefficient (Wildman–Crippen LogP) is 5.29. The molecule has 0 aliphatic heterocycles. The van der Waals surface area contributed by atoms with Gasteiger partial charge in [-0.25, -0.2) is 4.39 Å². The fourth-order valence-corrected chi connectivity index (χ4v) is 2.13. The fourth-order valence-electron chi connectivity index (χ4n) is 2.13. The van der Waals surface area contributed by atoms with Gasteiger partial charge in [-0.15, -0.1) is 13.2 Å². The second-order valence-electron chi connectivity index (χ2n) is 6.80. The average molecular weight is 349 g/mol. The van der Waals surface area contributed by atoms with E-state index in [2.05, 4.69) is 4.74 Å². The lowest BCUT2D eigenvalue weighted by Crippen LogP contribution is -2.34. The van der Waals surface area contributed by atoms with Crippen molar-refractivity contribution in [1.29, 1.82) is 0 Å². The maximum absolute atomic E-state index is 13.6. The van der Waals surface area contributed by atoms with E-state index in [0.717, 1.165) is 18.6 Å². The molecule has 0 unspecified atom stereocenters. The van der Waals surface area contributed by atoms with Gasteiger partial charge in [-0.2, -0.15) is 0 Å². The van der Waals surface area contributed by atoms with Crippen LogP contribution in [0.2, 0.25) is 0 Å². The molecule has 0 aromatic heterocycles. The minimum Gasteiger partial charge on any atom is -0.403 e. The molecule has 1 aromatic carbocycles. The van der Waals surface area contributed by atoms with Gasteiger partial charge in [-0.05, 0) is 24.0 Å². The highest BCUT2D eigenvalue weighted by atomic mass is 19.4. The third-order valence-corrected chi connectivity index (χ3v) is 3.17. The molecule has 1 rings (SSSR count). The van der Waals surface area contributed by atoms with Crippen molar-refractivity contribution in [3.8, 4) is 5.75 Å². The SMILES string of the molecule is CCCCN(C(=O)CC(C)(C)C)c1ccc(F)c(OC(F)(F)F)c1. The summed E-state index contributed by atoms with van der Waals surface area (Å²) in [6.07, 6.45) is -3.28. The quantitative estimate of drug-likeness (QED) is 0.653. The normalized spacial score (nSPS) is 12.2. The largest absolute Gasteiger partial charge is 0.573 e. The number of halogens is 4. The summed E-state index contributed by atoms with van der Waals surface area (Å²) in [5.74, 6) is -2.29. The lowest BCUT2D eigenvalue weighted by molar-refractivity contribution is -0.275. The number of alkyl halides is 3. The number of ether oxygens (including phenoxy) is 1. The minimum absolute atomic E-state index is 0.193. The third kappa shape index (κ3) is 6.76. The van der Waals surface area contributed by atoms with Crippen LogP contribution in [0.5, 0.6) is 5.75 Å². The number of carbonyl (C=O) groups is 1. The number of benzene rings is 1. The molecule has 0 N–H and O–H groups in total. The zero-order valence-corrected chi connectivity index (χ0v) is 14.3. The van der Waals surface area contributed by atoms with Gasteiger partial charge in [0.1, 0.15) is 0 Å². The maximum atomic E-state index is 13.6.